The summed E-state index contributed by atoms with van der Waals surface area (Å²) in [4.78, 5) is 6.90. The van der Waals surface area contributed by atoms with Gasteiger partial charge in [-0.15, -0.1) is 34.2 Å². The molecule has 1 fully saturated rings. The molecule has 138 valence electrons. The molecule has 0 spiro atoms. The Bertz CT molecular complexity index is 507. The summed E-state index contributed by atoms with van der Waals surface area (Å²) in [7, 11) is 3.79. The number of piperidine rings is 1. The predicted octanol–water partition coefficient (Wildman–Crippen LogP) is 1.67. The van der Waals surface area contributed by atoms with Crippen molar-refractivity contribution < 1.29 is 0 Å². The minimum absolute atomic E-state index is 0. The first kappa shape index (κ1) is 21.1. The highest BCUT2D eigenvalue weighted by Gasteiger charge is 2.19. The van der Waals surface area contributed by atoms with Gasteiger partial charge in [0, 0.05) is 33.2 Å². The van der Waals surface area contributed by atoms with Crippen LogP contribution in [-0.2, 0) is 13.6 Å². The van der Waals surface area contributed by atoms with Crippen molar-refractivity contribution in [2.45, 2.75) is 52.1 Å². The fraction of sp³-hybridized carbons (Fsp3) is 0.812. The van der Waals surface area contributed by atoms with Crippen LogP contribution in [0.2, 0.25) is 0 Å². The molecule has 0 aliphatic carbocycles. The smallest absolute Gasteiger partial charge is 0.191 e. The fourth-order valence-electron chi connectivity index (χ4n) is 2.84. The highest BCUT2D eigenvalue weighted by molar-refractivity contribution is 14.0. The molecular weight excluding hydrogens is 417 g/mol. The van der Waals surface area contributed by atoms with Crippen molar-refractivity contribution in [3.8, 4) is 0 Å². The van der Waals surface area contributed by atoms with E-state index >= 15 is 0 Å². The monoisotopic (exact) mass is 449 g/mol. The van der Waals surface area contributed by atoms with Crippen molar-refractivity contribution in [3.63, 3.8) is 0 Å². The molecule has 0 unspecified atom stereocenters. The molecule has 1 aromatic rings. The van der Waals surface area contributed by atoms with E-state index in [0.717, 1.165) is 17.6 Å². The molecule has 0 amide bonds. The number of halogens is 1. The Hall–Kier alpha value is -0.900. The molecule has 1 saturated heterocycles. The number of unbranched alkanes of at least 4 members (excludes halogenated alkanes) is 1. The number of rotatable bonds is 6. The average molecular weight is 449 g/mol. The van der Waals surface area contributed by atoms with Gasteiger partial charge in [0.15, 0.2) is 11.8 Å². The molecule has 24 heavy (non-hydrogen) atoms. The Balaban J connectivity index is 0.00000288. The van der Waals surface area contributed by atoms with Crippen LogP contribution in [0, 0.1) is 6.92 Å². The topological polar surface area (TPSA) is 70.4 Å². The van der Waals surface area contributed by atoms with E-state index in [1.807, 2.05) is 25.6 Å². The van der Waals surface area contributed by atoms with Crippen LogP contribution in [0.15, 0.2) is 4.99 Å². The zero-order chi connectivity index (χ0) is 16.7. The maximum atomic E-state index is 4.33. The third kappa shape index (κ3) is 6.19. The Kier molecular flexibility index (Phi) is 9.57. The summed E-state index contributed by atoms with van der Waals surface area (Å²) in [6, 6.07) is 0.500. The minimum atomic E-state index is 0. The largest absolute Gasteiger partial charge is 0.354 e. The van der Waals surface area contributed by atoms with Crippen LogP contribution in [0.1, 0.15) is 44.3 Å². The van der Waals surface area contributed by atoms with Gasteiger partial charge in [-0.1, -0.05) is 13.3 Å². The molecule has 2 rings (SSSR count). The van der Waals surface area contributed by atoms with Crippen molar-refractivity contribution in [3.05, 3.63) is 11.6 Å². The number of nitrogens with zero attached hydrogens (tertiary/aromatic N) is 5. The maximum absolute atomic E-state index is 4.33. The van der Waals surface area contributed by atoms with Crippen LogP contribution >= 0.6 is 24.0 Å². The zero-order valence-electron chi connectivity index (χ0n) is 15.4. The third-order valence-corrected chi connectivity index (χ3v) is 4.58. The lowest BCUT2D eigenvalue weighted by molar-refractivity contribution is 0.203. The molecule has 7 nitrogen and oxygen atoms in total. The number of aryl methyl sites for hydroxylation is 1. The minimum Gasteiger partial charge on any atom is -0.354 e. The molecule has 8 heteroatoms. The van der Waals surface area contributed by atoms with Crippen LogP contribution in [-0.4, -0.2) is 58.3 Å². The van der Waals surface area contributed by atoms with Crippen LogP contribution in [0.4, 0.5) is 0 Å². The molecule has 1 aliphatic rings. The average Bonchev–Trinajstić information content (AvgIpc) is 2.89. The van der Waals surface area contributed by atoms with Gasteiger partial charge in [-0.05, 0) is 32.7 Å². The Morgan fingerprint density at radius 1 is 1.29 bits per heavy atom. The van der Waals surface area contributed by atoms with Crippen molar-refractivity contribution in [2.24, 2.45) is 12.0 Å². The predicted molar refractivity (Wildman–Crippen MR) is 109 cm³/mol. The second kappa shape index (κ2) is 10.9. The van der Waals surface area contributed by atoms with Gasteiger partial charge in [-0.2, -0.15) is 0 Å². The van der Waals surface area contributed by atoms with Gasteiger partial charge in [0.2, 0.25) is 0 Å². The molecule has 1 aliphatic heterocycles. The zero-order valence-corrected chi connectivity index (χ0v) is 17.7. The van der Waals surface area contributed by atoms with E-state index in [0.29, 0.717) is 12.6 Å². The molecule has 0 aromatic carbocycles. The van der Waals surface area contributed by atoms with Gasteiger partial charge in [0.1, 0.15) is 5.82 Å². The van der Waals surface area contributed by atoms with Gasteiger partial charge < -0.3 is 20.1 Å². The summed E-state index contributed by atoms with van der Waals surface area (Å²) < 4.78 is 1.99. The standard InChI is InChI=1S/C16H31N7.HI/c1-5-6-9-23-10-7-14(8-11-23)19-16(17-3)18-12-15-21-20-13(2)22(15)4;/h14H,5-12H2,1-4H3,(H2,17,18,19);1H. The number of hydrogen-bond acceptors (Lipinski definition) is 4. The second-order valence-corrected chi connectivity index (χ2v) is 6.26. The number of aromatic nitrogens is 3. The Morgan fingerprint density at radius 2 is 2.00 bits per heavy atom. The lowest BCUT2D eigenvalue weighted by Gasteiger charge is -2.33. The SMILES string of the molecule is CCCCN1CCC(NC(=NC)NCc2nnc(C)n2C)CC1.I. The second-order valence-electron chi connectivity index (χ2n) is 6.26. The first-order chi connectivity index (χ1) is 11.1. The fourth-order valence-corrected chi connectivity index (χ4v) is 2.84. The summed E-state index contributed by atoms with van der Waals surface area (Å²) in [5, 5.41) is 15.1. The number of likely N-dealkylation sites (tertiary alicyclic amines) is 1. The molecule has 0 radical (unpaired) electrons. The summed E-state index contributed by atoms with van der Waals surface area (Å²) in [6.45, 7) is 8.43. The van der Waals surface area contributed by atoms with E-state index in [-0.39, 0.29) is 24.0 Å². The number of nitrogens with one attached hydrogen (secondary N) is 2. The van der Waals surface area contributed by atoms with Crippen molar-refractivity contribution >= 4 is 29.9 Å². The van der Waals surface area contributed by atoms with Gasteiger partial charge in [0.25, 0.3) is 0 Å². The number of hydrogen-bond donors (Lipinski definition) is 2. The molecule has 0 atom stereocenters. The highest BCUT2D eigenvalue weighted by atomic mass is 127. The lowest BCUT2D eigenvalue weighted by atomic mass is 10.0. The van der Waals surface area contributed by atoms with E-state index in [9.17, 15) is 0 Å². The molecule has 1 aromatic heterocycles. The maximum Gasteiger partial charge on any atom is 0.191 e. The normalized spacial score (nSPS) is 16.8. The molecule has 0 saturated carbocycles. The summed E-state index contributed by atoms with van der Waals surface area (Å²) in [6.07, 6.45) is 4.93. The molecule has 2 heterocycles. The summed E-state index contributed by atoms with van der Waals surface area (Å²) in [5.41, 5.74) is 0. The number of aliphatic imine (C=N–C) groups is 1. The summed E-state index contributed by atoms with van der Waals surface area (Å²) in [5.74, 6) is 2.68. The van der Waals surface area contributed by atoms with Crippen molar-refractivity contribution in [2.75, 3.05) is 26.7 Å². The van der Waals surface area contributed by atoms with Gasteiger partial charge in [0.05, 0.1) is 6.54 Å². The number of guanidine groups is 1. The van der Waals surface area contributed by atoms with E-state index < -0.39 is 0 Å². The van der Waals surface area contributed by atoms with Gasteiger partial charge in [-0.3, -0.25) is 4.99 Å². The van der Waals surface area contributed by atoms with Gasteiger partial charge in [-0.25, -0.2) is 0 Å². The van der Waals surface area contributed by atoms with Crippen LogP contribution in [0.25, 0.3) is 0 Å². The van der Waals surface area contributed by atoms with Gasteiger partial charge >= 0.3 is 0 Å². The molecule has 2 N–H and O–H groups in total. The van der Waals surface area contributed by atoms with E-state index in [1.165, 1.54) is 45.3 Å². The Morgan fingerprint density at radius 3 is 2.54 bits per heavy atom. The van der Waals surface area contributed by atoms with E-state index in [2.05, 4.69) is 37.6 Å². The van der Waals surface area contributed by atoms with Crippen LogP contribution in [0.3, 0.4) is 0 Å². The van der Waals surface area contributed by atoms with E-state index in [1.54, 1.807) is 0 Å². The molecular formula is C16H32IN7. The summed E-state index contributed by atoms with van der Waals surface area (Å²) >= 11 is 0. The quantitative estimate of drug-likeness (QED) is 0.393. The van der Waals surface area contributed by atoms with Crippen molar-refractivity contribution in [1.29, 1.82) is 0 Å². The van der Waals surface area contributed by atoms with Crippen LogP contribution in [0.5, 0.6) is 0 Å². The molecule has 0 bridgehead atoms. The van der Waals surface area contributed by atoms with E-state index in [4.69, 9.17) is 0 Å². The Labute approximate surface area is 162 Å². The van der Waals surface area contributed by atoms with Crippen LogP contribution < -0.4 is 10.6 Å². The third-order valence-electron chi connectivity index (χ3n) is 4.58. The first-order valence-corrected chi connectivity index (χ1v) is 8.68. The highest BCUT2D eigenvalue weighted by Crippen LogP contribution is 2.11. The lowest BCUT2D eigenvalue weighted by Crippen LogP contribution is -2.48. The first-order valence-electron chi connectivity index (χ1n) is 8.68. The van der Waals surface area contributed by atoms with Crippen molar-refractivity contribution in [1.82, 2.24) is 30.3 Å².